The Morgan fingerprint density at radius 3 is 2.55 bits per heavy atom. The van der Waals surface area contributed by atoms with E-state index < -0.39 is 0 Å². The fraction of sp³-hybridized carbons (Fsp3) is 0.556. The SMILES string of the molecule is C=COC([O])=C1CCCCC1. The molecule has 0 heterocycles. The number of rotatable bonds is 2. The lowest BCUT2D eigenvalue weighted by Crippen LogP contribution is -1.98. The number of ether oxygens (including phenoxy) is 1. The number of hydrogen-bond donors (Lipinski definition) is 0. The zero-order valence-electron chi connectivity index (χ0n) is 6.64. The summed E-state index contributed by atoms with van der Waals surface area (Å²) in [6, 6.07) is 0. The van der Waals surface area contributed by atoms with Crippen LogP contribution in [0.5, 0.6) is 0 Å². The first-order valence-electron chi connectivity index (χ1n) is 4.01. The molecule has 0 bridgehead atoms. The zero-order valence-corrected chi connectivity index (χ0v) is 6.64. The Hall–Kier alpha value is -0.920. The molecule has 1 aliphatic carbocycles. The van der Waals surface area contributed by atoms with Gasteiger partial charge in [-0.1, -0.05) is 13.0 Å². The van der Waals surface area contributed by atoms with Crippen LogP contribution in [-0.2, 0) is 9.84 Å². The van der Waals surface area contributed by atoms with Gasteiger partial charge in [0.15, 0.2) is 0 Å². The first-order chi connectivity index (χ1) is 5.34. The van der Waals surface area contributed by atoms with E-state index in [0.29, 0.717) is 0 Å². The van der Waals surface area contributed by atoms with Crippen LogP contribution in [-0.4, -0.2) is 0 Å². The average molecular weight is 153 g/mol. The van der Waals surface area contributed by atoms with Crippen LogP contribution in [0.3, 0.4) is 0 Å². The van der Waals surface area contributed by atoms with E-state index in [1.54, 1.807) is 0 Å². The Kier molecular flexibility index (Phi) is 3.02. The summed E-state index contributed by atoms with van der Waals surface area (Å²) < 4.78 is 4.67. The van der Waals surface area contributed by atoms with Crippen LogP contribution >= 0.6 is 0 Å². The lowest BCUT2D eigenvalue weighted by molar-refractivity contribution is 0.103. The summed E-state index contributed by atoms with van der Waals surface area (Å²) in [6.45, 7) is 3.34. The van der Waals surface area contributed by atoms with Crippen molar-refractivity contribution in [3.05, 3.63) is 24.4 Å². The minimum absolute atomic E-state index is 0.181. The predicted molar refractivity (Wildman–Crippen MR) is 42.1 cm³/mol. The van der Waals surface area contributed by atoms with Gasteiger partial charge >= 0.3 is 5.95 Å². The van der Waals surface area contributed by atoms with E-state index in [0.717, 1.165) is 31.3 Å². The smallest absolute Gasteiger partial charge is 0.334 e. The molecule has 61 valence electrons. The van der Waals surface area contributed by atoms with Crippen molar-refractivity contribution in [1.82, 2.24) is 0 Å². The molecule has 1 rings (SSSR count). The van der Waals surface area contributed by atoms with Gasteiger partial charge in [-0.15, -0.1) is 0 Å². The van der Waals surface area contributed by atoms with Crippen molar-refractivity contribution in [3.63, 3.8) is 0 Å². The second-order valence-corrected chi connectivity index (χ2v) is 2.74. The summed E-state index contributed by atoms with van der Waals surface area (Å²) in [5, 5.41) is 11.1. The molecule has 11 heavy (non-hydrogen) atoms. The molecule has 1 aliphatic rings. The van der Waals surface area contributed by atoms with Gasteiger partial charge in [-0.3, -0.25) is 0 Å². The Labute approximate surface area is 67.2 Å². The van der Waals surface area contributed by atoms with E-state index in [9.17, 15) is 5.11 Å². The van der Waals surface area contributed by atoms with Gasteiger partial charge in [0, 0.05) is 5.57 Å². The molecule has 2 heteroatoms. The summed E-state index contributed by atoms with van der Waals surface area (Å²) in [5.41, 5.74) is 0.927. The standard InChI is InChI=1S/C9H13O2/c1-2-11-9(10)8-6-4-3-5-7-8/h2H,1,3-7H2. The summed E-state index contributed by atoms with van der Waals surface area (Å²) in [6.07, 6.45) is 6.51. The third kappa shape index (κ3) is 2.30. The highest BCUT2D eigenvalue weighted by molar-refractivity contribution is 5.05. The lowest BCUT2D eigenvalue weighted by atomic mass is 9.96. The van der Waals surface area contributed by atoms with Crippen molar-refractivity contribution in [1.29, 1.82) is 0 Å². The number of allylic oxidation sites excluding steroid dienone is 1. The summed E-state index contributed by atoms with van der Waals surface area (Å²) in [4.78, 5) is 0. The van der Waals surface area contributed by atoms with E-state index >= 15 is 0 Å². The van der Waals surface area contributed by atoms with Gasteiger partial charge in [0.1, 0.15) is 0 Å². The third-order valence-corrected chi connectivity index (χ3v) is 1.94. The Bertz CT molecular complexity index is 162. The normalized spacial score (nSPS) is 17.6. The summed E-state index contributed by atoms with van der Waals surface area (Å²) >= 11 is 0. The van der Waals surface area contributed by atoms with Crippen molar-refractivity contribution < 1.29 is 9.84 Å². The number of hydrogen-bond acceptors (Lipinski definition) is 1. The van der Waals surface area contributed by atoms with Crippen LogP contribution in [0.25, 0.3) is 0 Å². The van der Waals surface area contributed by atoms with Crippen LogP contribution in [0, 0.1) is 0 Å². The molecule has 0 aromatic heterocycles. The Morgan fingerprint density at radius 1 is 1.36 bits per heavy atom. The van der Waals surface area contributed by atoms with Crippen LogP contribution in [0.1, 0.15) is 32.1 Å². The first-order valence-corrected chi connectivity index (χ1v) is 4.01. The molecule has 2 nitrogen and oxygen atoms in total. The van der Waals surface area contributed by atoms with Crippen LogP contribution in [0.4, 0.5) is 0 Å². The molecular formula is C9H13O2. The van der Waals surface area contributed by atoms with E-state index in [4.69, 9.17) is 0 Å². The first kappa shape index (κ1) is 8.18. The molecule has 0 spiro atoms. The van der Waals surface area contributed by atoms with Gasteiger partial charge in [0.2, 0.25) is 0 Å². The molecule has 0 atom stereocenters. The minimum Gasteiger partial charge on any atom is -0.432 e. The molecule has 1 saturated carbocycles. The van der Waals surface area contributed by atoms with Crippen molar-refractivity contribution in [2.45, 2.75) is 32.1 Å². The van der Waals surface area contributed by atoms with Gasteiger partial charge in [0.25, 0.3) is 0 Å². The van der Waals surface area contributed by atoms with E-state index in [1.807, 2.05) is 0 Å². The Balaban J connectivity index is 2.52. The second-order valence-electron chi connectivity index (χ2n) is 2.74. The topological polar surface area (TPSA) is 29.1 Å². The van der Waals surface area contributed by atoms with Crippen molar-refractivity contribution in [2.75, 3.05) is 0 Å². The fourth-order valence-corrected chi connectivity index (χ4v) is 1.34. The van der Waals surface area contributed by atoms with Crippen molar-refractivity contribution in [2.24, 2.45) is 0 Å². The molecule has 0 saturated heterocycles. The molecule has 1 fully saturated rings. The van der Waals surface area contributed by atoms with Gasteiger partial charge in [-0.05, 0) is 25.7 Å². The van der Waals surface area contributed by atoms with Gasteiger partial charge in [0.05, 0.1) is 6.26 Å². The Morgan fingerprint density at radius 2 is 2.00 bits per heavy atom. The van der Waals surface area contributed by atoms with Gasteiger partial charge < -0.3 is 4.74 Å². The molecule has 0 unspecified atom stereocenters. The molecule has 0 aromatic rings. The highest BCUT2D eigenvalue weighted by atomic mass is 16.6. The van der Waals surface area contributed by atoms with Crippen LogP contribution in [0.2, 0.25) is 0 Å². The monoisotopic (exact) mass is 153 g/mol. The average Bonchev–Trinajstić information content (AvgIpc) is 2.07. The molecule has 0 aliphatic heterocycles. The quantitative estimate of drug-likeness (QED) is 0.561. The predicted octanol–water partition coefficient (Wildman–Crippen LogP) is 2.75. The fourth-order valence-electron chi connectivity index (χ4n) is 1.34. The van der Waals surface area contributed by atoms with E-state index in [2.05, 4.69) is 11.3 Å². The maximum Gasteiger partial charge on any atom is 0.334 e. The lowest BCUT2D eigenvalue weighted by Gasteiger charge is -2.12. The minimum atomic E-state index is -0.181. The molecule has 1 radical (unpaired) electrons. The van der Waals surface area contributed by atoms with Crippen molar-refractivity contribution >= 4 is 0 Å². The van der Waals surface area contributed by atoms with Gasteiger partial charge in [-0.2, -0.15) is 0 Å². The highest BCUT2D eigenvalue weighted by Gasteiger charge is 2.12. The van der Waals surface area contributed by atoms with Crippen LogP contribution < -0.4 is 0 Å². The highest BCUT2D eigenvalue weighted by Crippen LogP contribution is 2.25. The largest absolute Gasteiger partial charge is 0.432 e. The second kappa shape index (κ2) is 4.06. The molecule has 0 aromatic carbocycles. The van der Waals surface area contributed by atoms with Gasteiger partial charge in [-0.25, -0.2) is 5.11 Å². The van der Waals surface area contributed by atoms with Crippen LogP contribution in [0.15, 0.2) is 24.4 Å². The van der Waals surface area contributed by atoms with E-state index in [1.165, 1.54) is 12.7 Å². The third-order valence-electron chi connectivity index (χ3n) is 1.94. The summed E-state index contributed by atoms with van der Waals surface area (Å²) in [5.74, 6) is -0.181. The molecule has 0 N–H and O–H groups in total. The molecular weight excluding hydrogens is 140 g/mol. The van der Waals surface area contributed by atoms with E-state index in [-0.39, 0.29) is 5.95 Å². The summed E-state index contributed by atoms with van der Waals surface area (Å²) in [7, 11) is 0. The maximum absolute atomic E-state index is 11.1. The zero-order chi connectivity index (χ0) is 8.10. The molecule has 0 amide bonds. The maximum atomic E-state index is 11.1. The van der Waals surface area contributed by atoms with Crippen molar-refractivity contribution in [3.8, 4) is 0 Å².